The molecule has 84 valence electrons. The maximum absolute atomic E-state index is 5.84. The summed E-state index contributed by atoms with van der Waals surface area (Å²) in [5.74, 6) is 0.623. The molecule has 0 saturated heterocycles. The number of hydrogen-bond acceptors (Lipinski definition) is 2. The number of imidazole rings is 1. The van der Waals surface area contributed by atoms with Gasteiger partial charge in [-0.25, -0.2) is 4.98 Å². The van der Waals surface area contributed by atoms with E-state index in [1.807, 2.05) is 12.4 Å². The molecular formula is C13H17N3. The number of fused-ring (bicyclic) bond motifs is 1. The zero-order chi connectivity index (χ0) is 11.0. The molecule has 16 heavy (non-hydrogen) atoms. The second kappa shape index (κ2) is 3.91. The summed E-state index contributed by atoms with van der Waals surface area (Å²) in [7, 11) is 0. The van der Waals surface area contributed by atoms with E-state index in [0.717, 1.165) is 12.1 Å². The van der Waals surface area contributed by atoms with E-state index < -0.39 is 0 Å². The number of para-hydroxylation sites is 2. The fourth-order valence-electron chi connectivity index (χ4n) is 2.90. The second-order valence-corrected chi connectivity index (χ2v) is 4.63. The molecule has 3 heteroatoms. The van der Waals surface area contributed by atoms with E-state index in [2.05, 4.69) is 27.8 Å². The highest BCUT2D eigenvalue weighted by molar-refractivity contribution is 5.75. The maximum atomic E-state index is 5.84. The van der Waals surface area contributed by atoms with Crippen LogP contribution in [0, 0.1) is 5.92 Å². The Balaban J connectivity index is 2.05. The van der Waals surface area contributed by atoms with Gasteiger partial charge in [-0.05, 0) is 37.4 Å². The van der Waals surface area contributed by atoms with Gasteiger partial charge in [-0.2, -0.15) is 0 Å². The molecule has 0 radical (unpaired) electrons. The summed E-state index contributed by atoms with van der Waals surface area (Å²) in [5, 5.41) is 0. The fourth-order valence-corrected chi connectivity index (χ4v) is 2.90. The zero-order valence-electron chi connectivity index (χ0n) is 9.34. The summed E-state index contributed by atoms with van der Waals surface area (Å²) in [4.78, 5) is 4.45. The van der Waals surface area contributed by atoms with Crippen LogP contribution in [0.2, 0.25) is 0 Å². The van der Waals surface area contributed by atoms with Gasteiger partial charge < -0.3 is 10.3 Å². The van der Waals surface area contributed by atoms with E-state index in [9.17, 15) is 0 Å². The molecule has 3 nitrogen and oxygen atoms in total. The van der Waals surface area contributed by atoms with Gasteiger partial charge in [0.05, 0.1) is 17.4 Å². The summed E-state index contributed by atoms with van der Waals surface area (Å²) in [6.07, 6.45) is 5.76. The first-order chi connectivity index (χ1) is 7.90. The predicted octanol–water partition coefficient (Wildman–Crippen LogP) is 2.34. The average Bonchev–Trinajstić information content (AvgIpc) is 2.94. The molecule has 2 atom stereocenters. The average molecular weight is 215 g/mol. The van der Waals surface area contributed by atoms with Gasteiger partial charge in [-0.1, -0.05) is 18.6 Å². The predicted molar refractivity (Wildman–Crippen MR) is 65.2 cm³/mol. The summed E-state index contributed by atoms with van der Waals surface area (Å²) in [6.45, 7) is 0.789. The van der Waals surface area contributed by atoms with Crippen LogP contribution in [-0.2, 0) is 0 Å². The lowest BCUT2D eigenvalue weighted by molar-refractivity contribution is 0.395. The van der Waals surface area contributed by atoms with Crippen molar-refractivity contribution in [1.29, 1.82) is 0 Å². The van der Waals surface area contributed by atoms with Crippen LogP contribution in [0.1, 0.15) is 25.3 Å². The smallest absolute Gasteiger partial charge is 0.0961 e. The second-order valence-electron chi connectivity index (χ2n) is 4.63. The highest BCUT2D eigenvalue weighted by Crippen LogP contribution is 2.36. The number of rotatable bonds is 2. The quantitative estimate of drug-likeness (QED) is 0.835. The van der Waals surface area contributed by atoms with Gasteiger partial charge in [0.25, 0.3) is 0 Å². The van der Waals surface area contributed by atoms with Gasteiger partial charge in [0.2, 0.25) is 0 Å². The van der Waals surface area contributed by atoms with Crippen molar-refractivity contribution in [3.63, 3.8) is 0 Å². The van der Waals surface area contributed by atoms with Crippen molar-refractivity contribution in [2.45, 2.75) is 25.3 Å². The minimum atomic E-state index is 0.553. The van der Waals surface area contributed by atoms with Crippen molar-refractivity contribution in [2.24, 2.45) is 11.7 Å². The standard InChI is InChI=1S/C13H17N3/c14-8-10-4-3-7-12(10)16-9-15-11-5-1-2-6-13(11)16/h1-2,5-6,9-10,12H,3-4,7-8,14H2. The molecule has 0 amide bonds. The van der Waals surface area contributed by atoms with Crippen LogP contribution in [-0.4, -0.2) is 16.1 Å². The maximum Gasteiger partial charge on any atom is 0.0961 e. The van der Waals surface area contributed by atoms with Crippen LogP contribution in [0.4, 0.5) is 0 Å². The Bertz CT molecular complexity index is 489. The van der Waals surface area contributed by atoms with E-state index in [4.69, 9.17) is 5.73 Å². The van der Waals surface area contributed by atoms with Gasteiger partial charge in [-0.15, -0.1) is 0 Å². The molecule has 1 fully saturated rings. The van der Waals surface area contributed by atoms with Crippen molar-refractivity contribution < 1.29 is 0 Å². The van der Waals surface area contributed by atoms with Gasteiger partial charge >= 0.3 is 0 Å². The van der Waals surface area contributed by atoms with Crippen molar-refractivity contribution in [1.82, 2.24) is 9.55 Å². The Morgan fingerprint density at radius 1 is 1.31 bits per heavy atom. The molecule has 2 N–H and O–H groups in total. The number of nitrogens with two attached hydrogens (primary N) is 1. The number of hydrogen-bond donors (Lipinski definition) is 1. The summed E-state index contributed by atoms with van der Waals surface area (Å²) in [5.41, 5.74) is 8.17. The number of aromatic nitrogens is 2. The lowest BCUT2D eigenvalue weighted by Gasteiger charge is -2.20. The molecule has 2 unspecified atom stereocenters. The molecule has 0 aliphatic heterocycles. The minimum Gasteiger partial charge on any atom is -0.330 e. The summed E-state index contributed by atoms with van der Waals surface area (Å²) in [6, 6.07) is 8.88. The SMILES string of the molecule is NCC1CCCC1n1cnc2ccccc21. The molecule has 1 aromatic heterocycles. The van der Waals surface area contributed by atoms with Crippen molar-refractivity contribution in [3.8, 4) is 0 Å². The molecule has 1 aromatic carbocycles. The number of benzene rings is 1. The minimum absolute atomic E-state index is 0.553. The van der Waals surface area contributed by atoms with Crippen LogP contribution in [0.25, 0.3) is 11.0 Å². The van der Waals surface area contributed by atoms with Gasteiger partial charge in [0.15, 0.2) is 0 Å². The first kappa shape index (κ1) is 9.85. The topological polar surface area (TPSA) is 43.8 Å². The third-order valence-electron chi connectivity index (χ3n) is 3.76. The van der Waals surface area contributed by atoms with Gasteiger partial charge in [0.1, 0.15) is 0 Å². The highest BCUT2D eigenvalue weighted by atomic mass is 15.1. The Labute approximate surface area is 95.3 Å². The zero-order valence-corrected chi connectivity index (χ0v) is 9.34. The lowest BCUT2D eigenvalue weighted by atomic mass is 10.0. The summed E-state index contributed by atoms with van der Waals surface area (Å²) < 4.78 is 2.32. The van der Waals surface area contributed by atoms with Gasteiger partial charge in [-0.3, -0.25) is 0 Å². The molecule has 2 aromatic rings. The van der Waals surface area contributed by atoms with E-state index in [1.54, 1.807) is 0 Å². The molecule has 1 heterocycles. The third-order valence-corrected chi connectivity index (χ3v) is 3.76. The van der Waals surface area contributed by atoms with Crippen molar-refractivity contribution in [3.05, 3.63) is 30.6 Å². The molecule has 0 bridgehead atoms. The van der Waals surface area contributed by atoms with Crippen LogP contribution >= 0.6 is 0 Å². The van der Waals surface area contributed by atoms with Crippen LogP contribution in [0.15, 0.2) is 30.6 Å². The van der Waals surface area contributed by atoms with E-state index in [0.29, 0.717) is 12.0 Å². The summed E-state index contributed by atoms with van der Waals surface area (Å²) >= 11 is 0. The Morgan fingerprint density at radius 2 is 2.19 bits per heavy atom. The molecule has 1 aliphatic carbocycles. The largest absolute Gasteiger partial charge is 0.330 e. The highest BCUT2D eigenvalue weighted by Gasteiger charge is 2.28. The van der Waals surface area contributed by atoms with Crippen molar-refractivity contribution >= 4 is 11.0 Å². The van der Waals surface area contributed by atoms with E-state index >= 15 is 0 Å². The Kier molecular flexibility index (Phi) is 2.40. The van der Waals surface area contributed by atoms with Crippen LogP contribution in [0.5, 0.6) is 0 Å². The number of nitrogens with zero attached hydrogens (tertiary/aromatic N) is 2. The molecule has 3 rings (SSSR count). The first-order valence-electron chi connectivity index (χ1n) is 6.02. The lowest BCUT2D eigenvalue weighted by Crippen LogP contribution is -2.21. The fraction of sp³-hybridized carbons (Fsp3) is 0.462. The van der Waals surface area contributed by atoms with Gasteiger partial charge in [0, 0.05) is 6.04 Å². The molecule has 1 saturated carbocycles. The first-order valence-corrected chi connectivity index (χ1v) is 6.02. The molecule has 0 spiro atoms. The third kappa shape index (κ3) is 1.43. The van der Waals surface area contributed by atoms with E-state index in [1.165, 1.54) is 24.8 Å². The molecular weight excluding hydrogens is 198 g/mol. The van der Waals surface area contributed by atoms with Crippen LogP contribution < -0.4 is 5.73 Å². The Hall–Kier alpha value is -1.35. The van der Waals surface area contributed by atoms with Crippen molar-refractivity contribution in [2.75, 3.05) is 6.54 Å². The Morgan fingerprint density at radius 3 is 3.06 bits per heavy atom. The van der Waals surface area contributed by atoms with Crippen LogP contribution in [0.3, 0.4) is 0 Å². The molecule has 1 aliphatic rings. The normalized spacial score (nSPS) is 25.3. The van der Waals surface area contributed by atoms with E-state index in [-0.39, 0.29) is 0 Å². The monoisotopic (exact) mass is 215 g/mol.